The summed E-state index contributed by atoms with van der Waals surface area (Å²) in [6.07, 6.45) is 4.14. The van der Waals surface area contributed by atoms with Crippen molar-refractivity contribution in [3.63, 3.8) is 0 Å². The van der Waals surface area contributed by atoms with Crippen molar-refractivity contribution < 1.29 is 14.3 Å². The van der Waals surface area contributed by atoms with Crippen LogP contribution in [0, 0.1) is 0 Å². The van der Waals surface area contributed by atoms with Gasteiger partial charge in [-0.1, -0.05) is 17.8 Å². The zero-order chi connectivity index (χ0) is 20.5. The SMILES string of the molecule is COC(=O)[C@H](C)Sc1nc2sc3c(c2c(=O)n1-c1cccc(OC)c1)CCCC3. The number of methoxy groups -OCH3 is 2. The van der Waals surface area contributed by atoms with Crippen molar-refractivity contribution in [3.05, 3.63) is 45.1 Å². The molecule has 0 aliphatic heterocycles. The number of fused-ring (bicyclic) bond motifs is 3. The van der Waals surface area contributed by atoms with Crippen LogP contribution in [-0.2, 0) is 22.4 Å². The number of nitrogens with zero attached hydrogens (tertiary/aromatic N) is 2. The average Bonchev–Trinajstić information content (AvgIpc) is 3.11. The van der Waals surface area contributed by atoms with E-state index in [1.165, 1.54) is 23.7 Å². The van der Waals surface area contributed by atoms with E-state index in [0.717, 1.165) is 36.1 Å². The summed E-state index contributed by atoms with van der Waals surface area (Å²) in [6.45, 7) is 1.75. The number of benzene rings is 1. The van der Waals surface area contributed by atoms with E-state index in [4.69, 9.17) is 14.5 Å². The summed E-state index contributed by atoms with van der Waals surface area (Å²) in [6, 6.07) is 7.33. The van der Waals surface area contributed by atoms with Crippen molar-refractivity contribution >= 4 is 39.3 Å². The number of aromatic nitrogens is 2. The summed E-state index contributed by atoms with van der Waals surface area (Å²) in [4.78, 5) is 32.5. The van der Waals surface area contributed by atoms with Crippen LogP contribution in [0.3, 0.4) is 0 Å². The van der Waals surface area contributed by atoms with Gasteiger partial charge >= 0.3 is 5.97 Å². The Morgan fingerprint density at radius 2 is 2.07 bits per heavy atom. The molecule has 1 aromatic carbocycles. The Morgan fingerprint density at radius 1 is 1.28 bits per heavy atom. The second-order valence-corrected chi connectivity index (χ2v) is 9.30. The summed E-state index contributed by atoms with van der Waals surface area (Å²) in [5, 5.41) is 0.700. The lowest BCUT2D eigenvalue weighted by Crippen LogP contribution is -2.24. The van der Waals surface area contributed by atoms with E-state index >= 15 is 0 Å². The molecule has 0 radical (unpaired) electrons. The fourth-order valence-corrected chi connectivity index (χ4v) is 5.87. The molecule has 1 aliphatic rings. The molecule has 0 N–H and O–H groups in total. The van der Waals surface area contributed by atoms with Crippen molar-refractivity contribution in [1.29, 1.82) is 0 Å². The van der Waals surface area contributed by atoms with Gasteiger partial charge in [0.25, 0.3) is 5.56 Å². The highest BCUT2D eigenvalue weighted by Gasteiger charge is 2.25. The number of carbonyl (C=O) groups is 1. The molecule has 1 atom stereocenters. The van der Waals surface area contributed by atoms with Gasteiger partial charge in [-0.15, -0.1) is 11.3 Å². The highest BCUT2D eigenvalue weighted by atomic mass is 32.2. The van der Waals surface area contributed by atoms with E-state index in [9.17, 15) is 9.59 Å². The second-order valence-electron chi connectivity index (χ2n) is 6.91. The first-order valence-electron chi connectivity index (χ1n) is 9.49. The molecule has 0 fully saturated rings. The van der Waals surface area contributed by atoms with Crippen molar-refractivity contribution in [2.24, 2.45) is 0 Å². The number of carbonyl (C=O) groups excluding carboxylic acids is 1. The molecule has 0 amide bonds. The van der Waals surface area contributed by atoms with E-state index < -0.39 is 5.25 Å². The number of thioether (sulfide) groups is 1. The summed E-state index contributed by atoms with van der Waals surface area (Å²) in [5.74, 6) is 0.297. The van der Waals surface area contributed by atoms with Crippen molar-refractivity contribution in [3.8, 4) is 11.4 Å². The Kier molecular flexibility index (Phi) is 5.65. The minimum atomic E-state index is -0.490. The van der Waals surface area contributed by atoms with Gasteiger partial charge in [-0.3, -0.25) is 14.2 Å². The highest BCUT2D eigenvalue weighted by Crippen LogP contribution is 2.36. The predicted octanol–water partition coefficient (Wildman–Crippen LogP) is 3.99. The molecule has 0 saturated carbocycles. The molecule has 6 nitrogen and oxygen atoms in total. The van der Waals surface area contributed by atoms with Crippen LogP contribution >= 0.6 is 23.1 Å². The van der Waals surface area contributed by atoms with Crippen molar-refractivity contribution in [2.75, 3.05) is 14.2 Å². The second kappa shape index (κ2) is 8.20. The Labute approximate surface area is 176 Å². The Hall–Kier alpha value is -2.32. The molecule has 1 aliphatic carbocycles. The monoisotopic (exact) mass is 430 g/mol. The molecule has 4 rings (SSSR count). The van der Waals surface area contributed by atoms with Crippen LogP contribution in [-0.4, -0.2) is 35.0 Å². The van der Waals surface area contributed by atoms with E-state index in [-0.39, 0.29) is 11.5 Å². The molecule has 29 heavy (non-hydrogen) atoms. The van der Waals surface area contributed by atoms with Gasteiger partial charge in [-0.2, -0.15) is 0 Å². The van der Waals surface area contributed by atoms with Crippen LogP contribution in [0.2, 0.25) is 0 Å². The molecule has 0 unspecified atom stereocenters. The molecule has 0 saturated heterocycles. The van der Waals surface area contributed by atoms with Crippen molar-refractivity contribution in [1.82, 2.24) is 9.55 Å². The standard InChI is InChI=1S/C21H22N2O4S2/c1-12(20(25)27-3)28-21-22-18-17(15-9-4-5-10-16(15)29-18)19(24)23(21)13-7-6-8-14(11-13)26-2/h6-8,11-12H,4-5,9-10H2,1-3H3/t12-/m0/s1. The van der Waals surface area contributed by atoms with E-state index in [1.54, 1.807) is 36.0 Å². The third-order valence-corrected chi connectivity index (χ3v) is 7.30. The number of hydrogen-bond donors (Lipinski definition) is 0. The maximum Gasteiger partial charge on any atom is 0.318 e. The first-order valence-corrected chi connectivity index (χ1v) is 11.2. The Balaban J connectivity index is 1.96. The van der Waals surface area contributed by atoms with Gasteiger partial charge in [0, 0.05) is 10.9 Å². The number of esters is 1. The zero-order valence-electron chi connectivity index (χ0n) is 16.6. The lowest BCUT2D eigenvalue weighted by atomic mass is 9.97. The number of thiophene rings is 1. The molecular weight excluding hydrogens is 408 g/mol. The Bertz CT molecular complexity index is 1140. The molecule has 152 valence electrons. The van der Waals surface area contributed by atoms with Gasteiger partial charge < -0.3 is 9.47 Å². The van der Waals surface area contributed by atoms with Crippen LogP contribution in [0.1, 0.15) is 30.2 Å². The molecule has 0 bridgehead atoms. The summed E-state index contributed by atoms with van der Waals surface area (Å²) < 4.78 is 11.8. The minimum Gasteiger partial charge on any atom is -0.497 e. The van der Waals surface area contributed by atoms with Crippen LogP contribution in [0.25, 0.3) is 15.9 Å². The highest BCUT2D eigenvalue weighted by molar-refractivity contribution is 8.00. The van der Waals surface area contributed by atoms with Crippen LogP contribution in [0.5, 0.6) is 5.75 Å². The normalized spacial score (nSPS) is 14.4. The summed E-state index contributed by atoms with van der Waals surface area (Å²) in [5.41, 5.74) is 1.71. The first kappa shape index (κ1) is 20.0. The fourth-order valence-electron chi connectivity index (χ4n) is 3.61. The van der Waals surface area contributed by atoms with E-state index in [0.29, 0.717) is 22.0 Å². The van der Waals surface area contributed by atoms with Crippen molar-refractivity contribution in [2.45, 2.75) is 43.0 Å². The summed E-state index contributed by atoms with van der Waals surface area (Å²) in [7, 11) is 2.95. The average molecular weight is 431 g/mol. The van der Waals surface area contributed by atoms with Gasteiger partial charge in [0.2, 0.25) is 0 Å². The quantitative estimate of drug-likeness (QED) is 0.346. The van der Waals surface area contributed by atoms with Crippen LogP contribution in [0.4, 0.5) is 0 Å². The molecule has 0 spiro atoms. The van der Waals surface area contributed by atoms with E-state index in [1.807, 2.05) is 18.2 Å². The largest absolute Gasteiger partial charge is 0.497 e. The number of hydrogen-bond acceptors (Lipinski definition) is 7. The number of aryl methyl sites for hydroxylation is 2. The van der Waals surface area contributed by atoms with Gasteiger partial charge in [-0.25, -0.2) is 4.98 Å². The lowest BCUT2D eigenvalue weighted by Gasteiger charge is -2.16. The fraction of sp³-hybridized carbons (Fsp3) is 0.381. The third kappa shape index (κ3) is 3.67. The Morgan fingerprint density at radius 3 is 2.83 bits per heavy atom. The number of ether oxygens (including phenoxy) is 2. The third-order valence-electron chi connectivity index (χ3n) is 5.08. The zero-order valence-corrected chi connectivity index (χ0v) is 18.2. The van der Waals surface area contributed by atoms with Gasteiger partial charge in [0.15, 0.2) is 5.16 Å². The molecule has 3 aromatic rings. The topological polar surface area (TPSA) is 70.4 Å². The number of rotatable bonds is 5. The maximum atomic E-state index is 13.7. The van der Waals surface area contributed by atoms with E-state index in [2.05, 4.69) is 0 Å². The van der Waals surface area contributed by atoms with Crippen LogP contribution < -0.4 is 10.3 Å². The van der Waals surface area contributed by atoms with Gasteiger partial charge in [-0.05, 0) is 50.3 Å². The van der Waals surface area contributed by atoms with Gasteiger partial charge in [0.1, 0.15) is 15.8 Å². The molecule has 8 heteroatoms. The summed E-state index contributed by atoms with van der Waals surface area (Å²) >= 11 is 2.83. The molecule has 2 aromatic heterocycles. The van der Waals surface area contributed by atoms with Crippen LogP contribution in [0.15, 0.2) is 34.2 Å². The lowest BCUT2D eigenvalue weighted by molar-refractivity contribution is -0.139. The maximum absolute atomic E-state index is 13.7. The first-order chi connectivity index (χ1) is 14.0. The minimum absolute atomic E-state index is 0.0952. The van der Waals surface area contributed by atoms with Gasteiger partial charge in [0.05, 0.1) is 25.3 Å². The molecule has 2 heterocycles. The smallest absolute Gasteiger partial charge is 0.318 e. The molecular formula is C21H22N2O4S2. The predicted molar refractivity (Wildman–Crippen MR) is 116 cm³/mol.